The Kier molecular flexibility index (Phi) is 3.30. The van der Waals surface area contributed by atoms with Gasteiger partial charge in [0.05, 0.1) is 0 Å². The third-order valence-electron chi connectivity index (χ3n) is 2.08. The molecule has 0 amide bonds. The van der Waals surface area contributed by atoms with Gasteiger partial charge in [-0.3, -0.25) is 4.79 Å². The molecule has 14 heavy (non-hydrogen) atoms. The van der Waals surface area contributed by atoms with Crippen molar-refractivity contribution in [3.63, 3.8) is 0 Å². The van der Waals surface area contributed by atoms with Crippen molar-refractivity contribution in [1.82, 2.24) is 0 Å². The van der Waals surface area contributed by atoms with E-state index in [4.69, 9.17) is 4.74 Å². The molecule has 0 aliphatic heterocycles. The number of aliphatic hydroxyl groups is 2. The number of hydrogen-bond acceptors (Lipinski definition) is 4. The van der Waals surface area contributed by atoms with Gasteiger partial charge in [0.2, 0.25) is 0 Å². The molecule has 0 bridgehead atoms. The maximum atomic E-state index is 10.9. The molecule has 4 heteroatoms. The summed E-state index contributed by atoms with van der Waals surface area (Å²) in [5, 5.41) is 19.2. The number of hydrogen-bond donors (Lipinski definition) is 2. The number of carbonyl (C=O) groups excluding carboxylic acids is 1. The van der Waals surface area contributed by atoms with E-state index in [-0.39, 0.29) is 31.2 Å². The fourth-order valence-electron chi connectivity index (χ4n) is 1.12. The summed E-state index contributed by atoms with van der Waals surface area (Å²) in [6.07, 6.45) is 5.26. The molecular formula is C10H14O4. The highest BCUT2D eigenvalue weighted by atomic mass is 16.5. The van der Waals surface area contributed by atoms with Gasteiger partial charge in [-0.2, -0.15) is 0 Å². The summed E-state index contributed by atoms with van der Waals surface area (Å²) in [7, 11) is 0. The molecule has 0 spiro atoms. The standard InChI is InChI=1S/C10H14O4/c1-2-9(12)14-7-10(13)6-4-3-5-8(10)11/h3-5,11,13H,2,6-7H2,1H3. The molecule has 0 aromatic carbocycles. The number of carbonyl (C=O) groups is 1. The minimum Gasteiger partial charge on any atom is -0.509 e. The zero-order chi connectivity index (χ0) is 10.6. The van der Waals surface area contributed by atoms with Crippen LogP contribution in [0.4, 0.5) is 0 Å². The summed E-state index contributed by atoms with van der Waals surface area (Å²) in [6.45, 7) is 1.47. The maximum absolute atomic E-state index is 10.9. The fourth-order valence-corrected chi connectivity index (χ4v) is 1.12. The van der Waals surface area contributed by atoms with Crippen LogP contribution >= 0.6 is 0 Å². The molecule has 1 aliphatic carbocycles. The van der Waals surface area contributed by atoms with E-state index in [1.165, 1.54) is 6.08 Å². The van der Waals surface area contributed by atoms with Crippen LogP contribution in [0.5, 0.6) is 0 Å². The molecule has 0 saturated heterocycles. The van der Waals surface area contributed by atoms with Crippen LogP contribution in [-0.4, -0.2) is 28.4 Å². The van der Waals surface area contributed by atoms with Gasteiger partial charge in [0.1, 0.15) is 12.4 Å². The molecule has 4 nitrogen and oxygen atoms in total. The van der Waals surface area contributed by atoms with Crippen LogP contribution in [0.15, 0.2) is 24.0 Å². The molecule has 0 saturated carbocycles. The van der Waals surface area contributed by atoms with E-state index in [1.54, 1.807) is 19.1 Å². The Bertz CT molecular complexity index is 280. The lowest BCUT2D eigenvalue weighted by Gasteiger charge is -2.27. The highest BCUT2D eigenvalue weighted by molar-refractivity contribution is 5.68. The smallest absolute Gasteiger partial charge is 0.305 e. The number of allylic oxidation sites excluding steroid dienone is 2. The Morgan fingerprint density at radius 2 is 2.43 bits per heavy atom. The molecular weight excluding hydrogens is 184 g/mol. The van der Waals surface area contributed by atoms with Gasteiger partial charge in [0, 0.05) is 12.8 Å². The molecule has 0 aromatic rings. The topological polar surface area (TPSA) is 66.8 Å². The van der Waals surface area contributed by atoms with Crippen molar-refractivity contribution in [2.75, 3.05) is 6.61 Å². The molecule has 78 valence electrons. The number of ether oxygens (including phenoxy) is 1. The van der Waals surface area contributed by atoms with E-state index in [0.717, 1.165) is 0 Å². The zero-order valence-electron chi connectivity index (χ0n) is 8.06. The van der Waals surface area contributed by atoms with Gasteiger partial charge in [0.15, 0.2) is 5.60 Å². The highest BCUT2D eigenvalue weighted by Gasteiger charge is 2.33. The van der Waals surface area contributed by atoms with Crippen molar-refractivity contribution in [3.05, 3.63) is 24.0 Å². The van der Waals surface area contributed by atoms with Crippen LogP contribution in [0, 0.1) is 0 Å². The van der Waals surface area contributed by atoms with Crippen molar-refractivity contribution in [3.8, 4) is 0 Å². The third-order valence-corrected chi connectivity index (χ3v) is 2.08. The highest BCUT2D eigenvalue weighted by Crippen LogP contribution is 2.23. The first kappa shape index (κ1) is 10.8. The van der Waals surface area contributed by atoms with E-state index in [0.29, 0.717) is 0 Å². The summed E-state index contributed by atoms with van der Waals surface area (Å²) < 4.78 is 4.78. The van der Waals surface area contributed by atoms with Crippen LogP contribution in [0.1, 0.15) is 19.8 Å². The molecule has 0 radical (unpaired) electrons. The molecule has 1 rings (SSSR count). The first-order chi connectivity index (χ1) is 6.58. The lowest BCUT2D eigenvalue weighted by atomic mass is 9.94. The molecule has 1 aliphatic rings. The lowest BCUT2D eigenvalue weighted by molar-refractivity contribution is -0.150. The van der Waals surface area contributed by atoms with Gasteiger partial charge >= 0.3 is 5.97 Å². The van der Waals surface area contributed by atoms with Gasteiger partial charge in [0.25, 0.3) is 0 Å². The largest absolute Gasteiger partial charge is 0.509 e. The van der Waals surface area contributed by atoms with Crippen molar-refractivity contribution in [1.29, 1.82) is 0 Å². The summed E-state index contributed by atoms with van der Waals surface area (Å²) in [5.74, 6) is -0.551. The van der Waals surface area contributed by atoms with Crippen LogP contribution < -0.4 is 0 Å². The monoisotopic (exact) mass is 198 g/mol. The zero-order valence-corrected chi connectivity index (χ0v) is 8.06. The first-order valence-electron chi connectivity index (χ1n) is 4.53. The van der Waals surface area contributed by atoms with Crippen LogP contribution in [0.25, 0.3) is 0 Å². The summed E-state index contributed by atoms with van der Waals surface area (Å²) in [6, 6.07) is 0. The van der Waals surface area contributed by atoms with Crippen LogP contribution in [0.3, 0.4) is 0 Å². The van der Waals surface area contributed by atoms with Crippen LogP contribution in [-0.2, 0) is 9.53 Å². The molecule has 1 unspecified atom stereocenters. The Morgan fingerprint density at radius 3 is 3.00 bits per heavy atom. The second-order valence-corrected chi connectivity index (χ2v) is 3.23. The van der Waals surface area contributed by atoms with E-state index in [1.807, 2.05) is 0 Å². The Morgan fingerprint density at radius 1 is 1.71 bits per heavy atom. The number of rotatable bonds is 3. The fraction of sp³-hybridized carbons (Fsp3) is 0.500. The Balaban J connectivity index is 2.54. The number of aliphatic hydroxyl groups excluding tert-OH is 1. The van der Waals surface area contributed by atoms with Crippen molar-refractivity contribution in [2.24, 2.45) is 0 Å². The Hall–Kier alpha value is -1.29. The van der Waals surface area contributed by atoms with Gasteiger partial charge in [-0.1, -0.05) is 19.1 Å². The lowest BCUT2D eigenvalue weighted by Crippen LogP contribution is -2.38. The average molecular weight is 198 g/mol. The summed E-state index contributed by atoms with van der Waals surface area (Å²) in [4.78, 5) is 10.9. The second kappa shape index (κ2) is 4.28. The summed E-state index contributed by atoms with van der Waals surface area (Å²) in [5.41, 5.74) is -1.44. The predicted molar refractivity (Wildman–Crippen MR) is 50.7 cm³/mol. The van der Waals surface area contributed by atoms with Crippen molar-refractivity contribution >= 4 is 5.97 Å². The minimum absolute atomic E-state index is 0.163. The average Bonchev–Trinajstić information content (AvgIpc) is 2.19. The predicted octanol–water partition coefficient (Wildman–Crippen LogP) is 1.07. The van der Waals surface area contributed by atoms with Gasteiger partial charge < -0.3 is 14.9 Å². The normalized spacial score (nSPS) is 25.7. The molecule has 0 fully saturated rings. The molecule has 2 N–H and O–H groups in total. The third kappa shape index (κ3) is 2.35. The van der Waals surface area contributed by atoms with E-state index in [9.17, 15) is 15.0 Å². The van der Waals surface area contributed by atoms with Gasteiger partial charge in [-0.05, 0) is 6.08 Å². The SMILES string of the molecule is CCC(=O)OCC1(O)CC=CC=C1O. The van der Waals surface area contributed by atoms with Gasteiger partial charge in [-0.25, -0.2) is 0 Å². The maximum Gasteiger partial charge on any atom is 0.305 e. The van der Waals surface area contributed by atoms with Crippen molar-refractivity contribution in [2.45, 2.75) is 25.4 Å². The second-order valence-electron chi connectivity index (χ2n) is 3.23. The summed E-state index contributed by atoms with van der Waals surface area (Å²) >= 11 is 0. The quantitative estimate of drug-likeness (QED) is 0.666. The van der Waals surface area contributed by atoms with E-state index in [2.05, 4.69) is 0 Å². The molecule has 0 aromatic heterocycles. The Labute approximate surface area is 82.5 Å². The van der Waals surface area contributed by atoms with Crippen molar-refractivity contribution < 1.29 is 19.7 Å². The molecule has 1 atom stereocenters. The minimum atomic E-state index is -1.44. The van der Waals surface area contributed by atoms with Crippen LogP contribution in [0.2, 0.25) is 0 Å². The van der Waals surface area contributed by atoms with E-state index < -0.39 is 5.60 Å². The number of esters is 1. The van der Waals surface area contributed by atoms with E-state index >= 15 is 0 Å². The first-order valence-corrected chi connectivity index (χ1v) is 4.53. The van der Waals surface area contributed by atoms with Gasteiger partial charge in [-0.15, -0.1) is 0 Å². The molecule has 0 heterocycles.